The highest BCUT2D eigenvalue weighted by Crippen LogP contribution is 2.38. The third kappa shape index (κ3) is 1.75. The average molecular weight is 247 g/mol. The molecule has 3 N–H and O–H groups in total. The van der Waals surface area contributed by atoms with Gasteiger partial charge in [0.25, 0.3) is 5.91 Å². The number of hydrogen-bond acceptors (Lipinski definition) is 4. The lowest BCUT2D eigenvalue weighted by molar-refractivity contribution is 0.0753. The smallest absolute Gasteiger partial charge is 0.256 e. The Morgan fingerprint density at radius 1 is 1.44 bits per heavy atom. The van der Waals surface area contributed by atoms with Gasteiger partial charge in [0.15, 0.2) is 0 Å². The van der Waals surface area contributed by atoms with E-state index >= 15 is 0 Å². The molecular formula is C13H17N3O2. The summed E-state index contributed by atoms with van der Waals surface area (Å²) in [5, 5.41) is 9.85. The Balaban J connectivity index is 1.78. The average Bonchev–Trinajstić information content (AvgIpc) is 2.92. The number of aromatic nitrogens is 1. The first-order chi connectivity index (χ1) is 8.66. The van der Waals surface area contributed by atoms with Gasteiger partial charge in [0.1, 0.15) is 0 Å². The quantitative estimate of drug-likeness (QED) is 0.757. The number of anilines is 1. The first-order valence-corrected chi connectivity index (χ1v) is 6.33. The van der Waals surface area contributed by atoms with Gasteiger partial charge in [-0.25, -0.2) is 0 Å². The number of amides is 1. The molecule has 96 valence electrons. The molecule has 1 aliphatic carbocycles. The zero-order valence-electron chi connectivity index (χ0n) is 10.1. The normalized spacial score (nSPS) is 30.5. The summed E-state index contributed by atoms with van der Waals surface area (Å²) in [5.41, 5.74) is 6.70. The number of hydrogen-bond donors (Lipinski definition) is 2. The van der Waals surface area contributed by atoms with Gasteiger partial charge < -0.3 is 15.7 Å². The Labute approximate surface area is 106 Å². The Kier molecular flexibility index (Phi) is 2.70. The van der Waals surface area contributed by atoms with Crippen molar-refractivity contribution >= 4 is 11.6 Å². The number of fused-ring (bicyclic) bond motifs is 1. The van der Waals surface area contributed by atoms with Crippen LogP contribution >= 0.6 is 0 Å². The van der Waals surface area contributed by atoms with E-state index < -0.39 is 0 Å². The Bertz CT molecular complexity index is 477. The third-order valence-corrected chi connectivity index (χ3v) is 4.19. The van der Waals surface area contributed by atoms with Crippen molar-refractivity contribution in [3.05, 3.63) is 24.0 Å². The first-order valence-electron chi connectivity index (χ1n) is 6.33. The van der Waals surface area contributed by atoms with Crippen molar-refractivity contribution in [2.75, 3.05) is 18.8 Å². The number of nitrogen functional groups attached to an aromatic ring is 1. The van der Waals surface area contributed by atoms with Crippen LogP contribution in [0.25, 0.3) is 0 Å². The van der Waals surface area contributed by atoms with Crippen molar-refractivity contribution in [3.8, 4) is 0 Å². The van der Waals surface area contributed by atoms with E-state index in [0.717, 1.165) is 19.4 Å². The number of carbonyl (C=O) groups excluding carboxylic acids is 1. The summed E-state index contributed by atoms with van der Waals surface area (Å²) in [6.45, 7) is 1.38. The molecule has 0 radical (unpaired) electrons. The van der Waals surface area contributed by atoms with Crippen LogP contribution in [-0.4, -0.2) is 40.1 Å². The van der Waals surface area contributed by atoms with E-state index in [1.807, 2.05) is 4.90 Å². The summed E-state index contributed by atoms with van der Waals surface area (Å²) in [7, 11) is 0. The molecule has 1 amide bonds. The summed E-state index contributed by atoms with van der Waals surface area (Å²) in [6, 6.07) is 1.65. The van der Waals surface area contributed by atoms with E-state index in [0.29, 0.717) is 23.7 Å². The second-order valence-electron chi connectivity index (χ2n) is 5.24. The van der Waals surface area contributed by atoms with Crippen LogP contribution in [0.4, 0.5) is 5.69 Å². The third-order valence-electron chi connectivity index (χ3n) is 4.19. The Morgan fingerprint density at radius 2 is 2.28 bits per heavy atom. The fraction of sp³-hybridized carbons (Fsp3) is 0.538. The summed E-state index contributed by atoms with van der Waals surface area (Å²) >= 11 is 0. The fourth-order valence-corrected chi connectivity index (χ4v) is 3.17. The van der Waals surface area contributed by atoms with Crippen molar-refractivity contribution < 1.29 is 9.90 Å². The molecular weight excluding hydrogens is 230 g/mol. The maximum atomic E-state index is 12.3. The number of rotatable bonds is 1. The molecule has 18 heavy (non-hydrogen) atoms. The number of carbonyl (C=O) groups is 1. The zero-order valence-corrected chi connectivity index (χ0v) is 10.1. The van der Waals surface area contributed by atoms with E-state index in [2.05, 4.69) is 4.98 Å². The highest BCUT2D eigenvalue weighted by atomic mass is 16.3. The molecule has 5 heteroatoms. The summed E-state index contributed by atoms with van der Waals surface area (Å²) in [5.74, 6) is 0.653. The van der Waals surface area contributed by atoms with Gasteiger partial charge in [-0.05, 0) is 24.8 Å². The van der Waals surface area contributed by atoms with Crippen LogP contribution in [0.15, 0.2) is 18.5 Å². The van der Waals surface area contributed by atoms with E-state index in [-0.39, 0.29) is 17.9 Å². The Morgan fingerprint density at radius 3 is 3.00 bits per heavy atom. The van der Waals surface area contributed by atoms with Crippen LogP contribution in [0.3, 0.4) is 0 Å². The van der Waals surface area contributed by atoms with Crippen molar-refractivity contribution in [1.29, 1.82) is 0 Å². The molecule has 1 saturated heterocycles. The molecule has 2 heterocycles. The van der Waals surface area contributed by atoms with Gasteiger partial charge in [0, 0.05) is 25.2 Å². The fourth-order valence-electron chi connectivity index (χ4n) is 3.17. The van der Waals surface area contributed by atoms with Crippen molar-refractivity contribution in [1.82, 2.24) is 9.88 Å². The highest BCUT2D eigenvalue weighted by molar-refractivity contribution is 5.99. The van der Waals surface area contributed by atoms with E-state index in [1.165, 1.54) is 6.20 Å². The van der Waals surface area contributed by atoms with Gasteiger partial charge in [-0.2, -0.15) is 0 Å². The maximum Gasteiger partial charge on any atom is 0.256 e. The molecule has 1 aromatic heterocycles. The van der Waals surface area contributed by atoms with Crippen molar-refractivity contribution in [3.63, 3.8) is 0 Å². The molecule has 0 aromatic carbocycles. The van der Waals surface area contributed by atoms with Gasteiger partial charge in [-0.3, -0.25) is 9.78 Å². The van der Waals surface area contributed by atoms with Crippen LogP contribution in [0.2, 0.25) is 0 Å². The lowest BCUT2D eigenvalue weighted by Gasteiger charge is -2.19. The molecule has 1 saturated carbocycles. The van der Waals surface area contributed by atoms with E-state index in [9.17, 15) is 9.90 Å². The zero-order chi connectivity index (χ0) is 12.7. The molecule has 3 rings (SSSR count). The number of aliphatic hydroxyl groups is 1. The van der Waals surface area contributed by atoms with Gasteiger partial charge in [0.2, 0.25) is 0 Å². The second kappa shape index (κ2) is 4.24. The summed E-state index contributed by atoms with van der Waals surface area (Å²) in [6.07, 6.45) is 4.72. The predicted octanol–water partition coefficient (Wildman–Crippen LogP) is 0.507. The minimum Gasteiger partial charge on any atom is -0.397 e. The van der Waals surface area contributed by atoms with E-state index in [1.54, 1.807) is 12.3 Å². The second-order valence-corrected chi connectivity index (χ2v) is 5.24. The molecule has 1 aliphatic heterocycles. The first kappa shape index (κ1) is 11.5. The molecule has 2 fully saturated rings. The van der Waals surface area contributed by atoms with Crippen LogP contribution in [0.1, 0.15) is 23.2 Å². The lowest BCUT2D eigenvalue weighted by atomic mass is 10.00. The van der Waals surface area contributed by atoms with Gasteiger partial charge >= 0.3 is 0 Å². The number of nitrogens with zero attached hydrogens (tertiary/aromatic N) is 2. The lowest BCUT2D eigenvalue weighted by Crippen LogP contribution is -2.31. The number of likely N-dealkylation sites (tertiary alicyclic amines) is 1. The molecule has 3 atom stereocenters. The van der Waals surface area contributed by atoms with Crippen LogP contribution < -0.4 is 5.73 Å². The molecule has 1 aromatic rings. The predicted molar refractivity (Wildman–Crippen MR) is 66.8 cm³/mol. The monoisotopic (exact) mass is 247 g/mol. The van der Waals surface area contributed by atoms with Gasteiger partial charge in [0.05, 0.1) is 23.6 Å². The van der Waals surface area contributed by atoms with Gasteiger partial charge in [-0.15, -0.1) is 0 Å². The molecule has 3 unspecified atom stereocenters. The molecule has 0 bridgehead atoms. The topological polar surface area (TPSA) is 79.5 Å². The number of aliphatic hydroxyl groups excluding tert-OH is 1. The van der Waals surface area contributed by atoms with Crippen LogP contribution in [0, 0.1) is 11.8 Å². The SMILES string of the molecule is Nc1cnccc1C(=O)N1CC2CCC(O)C2C1. The molecule has 2 aliphatic rings. The standard InChI is InChI=1S/C13H17N3O2/c14-11-5-15-4-3-9(11)13(18)16-6-8-1-2-12(17)10(8)7-16/h3-5,8,10,12,17H,1-2,6-7,14H2. The number of nitrogens with two attached hydrogens (primary N) is 1. The van der Waals surface area contributed by atoms with Gasteiger partial charge in [-0.1, -0.05) is 0 Å². The van der Waals surface area contributed by atoms with E-state index in [4.69, 9.17) is 5.73 Å². The van der Waals surface area contributed by atoms with Crippen molar-refractivity contribution in [2.45, 2.75) is 18.9 Å². The summed E-state index contributed by atoms with van der Waals surface area (Å²) < 4.78 is 0. The maximum absolute atomic E-state index is 12.3. The highest BCUT2D eigenvalue weighted by Gasteiger charge is 2.43. The minimum absolute atomic E-state index is 0.0449. The molecule has 0 spiro atoms. The van der Waals surface area contributed by atoms with Crippen LogP contribution in [0.5, 0.6) is 0 Å². The van der Waals surface area contributed by atoms with Crippen molar-refractivity contribution in [2.24, 2.45) is 11.8 Å². The molecule has 5 nitrogen and oxygen atoms in total. The largest absolute Gasteiger partial charge is 0.397 e. The summed E-state index contributed by atoms with van der Waals surface area (Å²) in [4.78, 5) is 18.0. The Hall–Kier alpha value is -1.62. The minimum atomic E-state index is -0.248. The van der Waals surface area contributed by atoms with Crippen LogP contribution in [-0.2, 0) is 0 Å². The number of pyridine rings is 1.